The van der Waals surface area contributed by atoms with E-state index in [0.717, 1.165) is 12.6 Å². The van der Waals surface area contributed by atoms with E-state index in [1.807, 2.05) is 7.05 Å². The van der Waals surface area contributed by atoms with Crippen molar-refractivity contribution in [3.63, 3.8) is 0 Å². The highest BCUT2D eigenvalue weighted by Crippen LogP contribution is 2.06. The molecule has 2 heteroatoms. The molecular formula is C11H26N2. The van der Waals surface area contributed by atoms with Crippen LogP contribution in [0.4, 0.5) is 0 Å². The predicted octanol–water partition coefficient (Wildman–Crippen LogP) is 2.11. The van der Waals surface area contributed by atoms with Gasteiger partial charge in [0.15, 0.2) is 0 Å². The van der Waals surface area contributed by atoms with Gasteiger partial charge in [0.25, 0.3) is 0 Å². The van der Waals surface area contributed by atoms with Crippen molar-refractivity contribution in [1.29, 1.82) is 0 Å². The molecule has 0 heterocycles. The standard InChI is InChI=1S/C11H26N2/c1-5-8-11(10-12-4)13(7-3)9-6-2/h11-12H,5-10H2,1-4H3. The monoisotopic (exact) mass is 186 g/mol. The van der Waals surface area contributed by atoms with Crippen LogP contribution in [0.15, 0.2) is 0 Å². The lowest BCUT2D eigenvalue weighted by molar-refractivity contribution is 0.193. The fourth-order valence-corrected chi connectivity index (χ4v) is 1.87. The van der Waals surface area contributed by atoms with Gasteiger partial charge in [0.2, 0.25) is 0 Å². The van der Waals surface area contributed by atoms with Crippen molar-refractivity contribution in [2.75, 3.05) is 26.7 Å². The number of hydrogen-bond acceptors (Lipinski definition) is 2. The van der Waals surface area contributed by atoms with Crippen LogP contribution in [0.5, 0.6) is 0 Å². The van der Waals surface area contributed by atoms with Crippen LogP contribution in [0, 0.1) is 0 Å². The molecule has 0 aromatic rings. The molecule has 0 fully saturated rings. The molecule has 2 nitrogen and oxygen atoms in total. The summed E-state index contributed by atoms with van der Waals surface area (Å²) in [6.07, 6.45) is 3.86. The van der Waals surface area contributed by atoms with Crippen LogP contribution in [0.2, 0.25) is 0 Å². The molecule has 0 bridgehead atoms. The number of hydrogen-bond donors (Lipinski definition) is 1. The van der Waals surface area contributed by atoms with E-state index in [0.29, 0.717) is 0 Å². The lowest BCUT2D eigenvalue weighted by atomic mass is 10.1. The molecule has 1 unspecified atom stereocenters. The molecule has 0 saturated carbocycles. The van der Waals surface area contributed by atoms with E-state index in [9.17, 15) is 0 Å². The molecule has 0 aromatic heterocycles. The van der Waals surface area contributed by atoms with Gasteiger partial charge < -0.3 is 5.32 Å². The second kappa shape index (κ2) is 8.52. The van der Waals surface area contributed by atoms with Crippen molar-refractivity contribution in [1.82, 2.24) is 10.2 Å². The van der Waals surface area contributed by atoms with Gasteiger partial charge in [-0.25, -0.2) is 0 Å². The minimum Gasteiger partial charge on any atom is -0.318 e. The highest BCUT2D eigenvalue weighted by atomic mass is 15.2. The number of likely N-dealkylation sites (N-methyl/N-ethyl adjacent to an activating group) is 2. The second-order valence-corrected chi connectivity index (χ2v) is 3.63. The predicted molar refractivity (Wildman–Crippen MR) is 60.2 cm³/mol. The van der Waals surface area contributed by atoms with Crippen molar-refractivity contribution in [2.45, 2.75) is 46.1 Å². The molecule has 0 aromatic carbocycles. The van der Waals surface area contributed by atoms with Gasteiger partial charge in [0.1, 0.15) is 0 Å². The Morgan fingerprint density at radius 2 is 1.85 bits per heavy atom. The molecule has 1 atom stereocenters. The summed E-state index contributed by atoms with van der Waals surface area (Å²) in [5.74, 6) is 0. The maximum absolute atomic E-state index is 3.28. The summed E-state index contributed by atoms with van der Waals surface area (Å²) in [6.45, 7) is 10.3. The van der Waals surface area contributed by atoms with Gasteiger partial charge in [-0.3, -0.25) is 4.90 Å². The largest absolute Gasteiger partial charge is 0.318 e. The van der Waals surface area contributed by atoms with Crippen LogP contribution in [0.25, 0.3) is 0 Å². The summed E-state index contributed by atoms with van der Waals surface area (Å²) in [7, 11) is 2.04. The highest BCUT2D eigenvalue weighted by molar-refractivity contribution is 4.71. The van der Waals surface area contributed by atoms with E-state index >= 15 is 0 Å². The molecular weight excluding hydrogens is 160 g/mol. The zero-order valence-corrected chi connectivity index (χ0v) is 9.77. The minimum absolute atomic E-state index is 0.736. The van der Waals surface area contributed by atoms with Crippen LogP contribution in [0.3, 0.4) is 0 Å². The Bertz CT molecular complexity index is 98.3. The van der Waals surface area contributed by atoms with Gasteiger partial charge in [-0.15, -0.1) is 0 Å². The first-order valence-corrected chi connectivity index (χ1v) is 5.68. The van der Waals surface area contributed by atoms with E-state index in [1.165, 1.54) is 32.4 Å². The first-order valence-electron chi connectivity index (χ1n) is 5.68. The van der Waals surface area contributed by atoms with Crippen LogP contribution in [0.1, 0.15) is 40.0 Å². The molecule has 0 aliphatic carbocycles. The maximum Gasteiger partial charge on any atom is 0.0220 e. The zero-order valence-electron chi connectivity index (χ0n) is 9.77. The van der Waals surface area contributed by atoms with E-state index in [2.05, 4.69) is 31.0 Å². The maximum atomic E-state index is 3.28. The van der Waals surface area contributed by atoms with Crippen molar-refractivity contribution < 1.29 is 0 Å². The lowest BCUT2D eigenvalue weighted by Gasteiger charge is -2.30. The molecule has 0 saturated heterocycles. The Balaban J connectivity index is 3.94. The van der Waals surface area contributed by atoms with Crippen molar-refractivity contribution in [3.05, 3.63) is 0 Å². The summed E-state index contributed by atoms with van der Waals surface area (Å²) in [6, 6.07) is 0.736. The summed E-state index contributed by atoms with van der Waals surface area (Å²) < 4.78 is 0. The molecule has 0 rings (SSSR count). The van der Waals surface area contributed by atoms with Crippen molar-refractivity contribution in [2.24, 2.45) is 0 Å². The van der Waals surface area contributed by atoms with Crippen LogP contribution in [-0.4, -0.2) is 37.6 Å². The fourth-order valence-electron chi connectivity index (χ4n) is 1.87. The summed E-state index contributed by atoms with van der Waals surface area (Å²) in [5, 5.41) is 3.28. The van der Waals surface area contributed by atoms with Crippen LogP contribution < -0.4 is 5.32 Å². The summed E-state index contributed by atoms with van der Waals surface area (Å²) in [5.41, 5.74) is 0. The number of rotatable bonds is 8. The van der Waals surface area contributed by atoms with Gasteiger partial charge in [-0.1, -0.05) is 27.2 Å². The first kappa shape index (κ1) is 12.9. The molecule has 0 aliphatic heterocycles. The fraction of sp³-hybridized carbons (Fsp3) is 1.00. The van der Waals surface area contributed by atoms with Gasteiger partial charge in [0.05, 0.1) is 0 Å². The average Bonchev–Trinajstić information content (AvgIpc) is 2.14. The molecule has 0 radical (unpaired) electrons. The molecule has 0 aliphatic rings. The zero-order chi connectivity index (χ0) is 10.1. The van der Waals surface area contributed by atoms with E-state index in [4.69, 9.17) is 0 Å². The van der Waals surface area contributed by atoms with E-state index in [-0.39, 0.29) is 0 Å². The Kier molecular flexibility index (Phi) is 8.46. The molecule has 0 amide bonds. The summed E-state index contributed by atoms with van der Waals surface area (Å²) in [4.78, 5) is 2.58. The molecule has 0 spiro atoms. The van der Waals surface area contributed by atoms with E-state index < -0.39 is 0 Å². The average molecular weight is 186 g/mol. The van der Waals surface area contributed by atoms with Gasteiger partial charge in [0, 0.05) is 12.6 Å². The molecule has 80 valence electrons. The van der Waals surface area contributed by atoms with Gasteiger partial charge in [-0.2, -0.15) is 0 Å². The Morgan fingerprint density at radius 1 is 1.15 bits per heavy atom. The SMILES string of the molecule is CCCC(CNC)N(CC)CCC. The molecule has 13 heavy (non-hydrogen) atoms. The third kappa shape index (κ3) is 5.27. The van der Waals surface area contributed by atoms with Gasteiger partial charge in [-0.05, 0) is 33.0 Å². The van der Waals surface area contributed by atoms with Crippen LogP contribution >= 0.6 is 0 Å². The topological polar surface area (TPSA) is 15.3 Å². The highest BCUT2D eigenvalue weighted by Gasteiger charge is 2.13. The van der Waals surface area contributed by atoms with E-state index in [1.54, 1.807) is 0 Å². The van der Waals surface area contributed by atoms with Crippen molar-refractivity contribution >= 4 is 0 Å². The first-order chi connectivity index (χ1) is 6.29. The molecule has 1 N–H and O–H groups in total. The third-order valence-corrected chi connectivity index (χ3v) is 2.50. The summed E-state index contributed by atoms with van der Waals surface area (Å²) >= 11 is 0. The second-order valence-electron chi connectivity index (χ2n) is 3.63. The minimum atomic E-state index is 0.736. The number of nitrogens with one attached hydrogen (secondary N) is 1. The lowest BCUT2D eigenvalue weighted by Crippen LogP contribution is -2.41. The Hall–Kier alpha value is -0.0800. The Morgan fingerprint density at radius 3 is 2.23 bits per heavy atom. The third-order valence-electron chi connectivity index (χ3n) is 2.50. The van der Waals surface area contributed by atoms with Crippen LogP contribution in [-0.2, 0) is 0 Å². The normalized spacial score (nSPS) is 13.6. The van der Waals surface area contributed by atoms with Gasteiger partial charge >= 0.3 is 0 Å². The quantitative estimate of drug-likeness (QED) is 0.624. The Labute approximate surface area is 83.7 Å². The van der Waals surface area contributed by atoms with Crippen molar-refractivity contribution in [3.8, 4) is 0 Å². The smallest absolute Gasteiger partial charge is 0.0220 e. The number of nitrogens with zero attached hydrogens (tertiary/aromatic N) is 1.